The number of piperazine rings is 1. The highest BCUT2D eigenvalue weighted by molar-refractivity contribution is 5.92. The molecule has 0 aliphatic carbocycles. The predicted molar refractivity (Wildman–Crippen MR) is 166 cm³/mol. The van der Waals surface area contributed by atoms with Crippen molar-refractivity contribution in [1.29, 1.82) is 0 Å². The molecule has 1 amide bonds. The molecule has 236 valence electrons. The maximum Gasteiger partial charge on any atom is 0.414 e. The Bertz CT molecular complexity index is 1630. The molecule has 45 heavy (non-hydrogen) atoms. The van der Waals surface area contributed by atoms with Crippen LogP contribution in [0.2, 0.25) is 0 Å². The van der Waals surface area contributed by atoms with Crippen molar-refractivity contribution < 1.29 is 22.7 Å². The SMILES string of the molecule is C=CC(=O)N1CCN(CCc2ccnc(C(Nc3ccc(-c4cc5c(N6CCOCC6)ncnc5[nH]4)cc3)C(F)(F)F)c2)CC1. The third-order valence-electron chi connectivity index (χ3n) is 8.27. The van der Waals surface area contributed by atoms with Crippen LogP contribution in [0.4, 0.5) is 24.7 Å². The van der Waals surface area contributed by atoms with Gasteiger partial charge in [-0.25, -0.2) is 9.97 Å². The van der Waals surface area contributed by atoms with Gasteiger partial charge in [-0.1, -0.05) is 18.7 Å². The van der Waals surface area contributed by atoms with E-state index in [9.17, 15) is 18.0 Å². The molecule has 1 unspecified atom stereocenters. The number of fused-ring (bicyclic) bond motifs is 1. The van der Waals surface area contributed by atoms with E-state index in [-0.39, 0.29) is 11.6 Å². The van der Waals surface area contributed by atoms with Gasteiger partial charge in [0.25, 0.3) is 0 Å². The Hall–Kier alpha value is -4.49. The Morgan fingerprint density at radius 1 is 1.02 bits per heavy atom. The summed E-state index contributed by atoms with van der Waals surface area (Å²) in [7, 11) is 0. The average Bonchev–Trinajstić information content (AvgIpc) is 3.51. The summed E-state index contributed by atoms with van der Waals surface area (Å²) < 4.78 is 48.4. The number of aromatic nitrogens is 4. The lowest BCUT2D eigenvalue weighted by Crippen LogP contribution is -2.48. The van der Waals surface area contributed by atoms with E-state index >= 15 is 0 Å². The zero-order valence-electron chi connectivity index (χ0n) is 24.8. The number of carbonyl (C=O) groups is 1. The van der Waals surface area contributed by atoms with Gasteiger partial charge in [-0.15, -0.1) is 0 Å². The van der Waals surface area contributed by atoms with Crippen LogP contribution in [-0.2, 0) is 16.0 Å². The number of pyridine rings is 1. The molecule has 4 aromatic rings. The smallest absolute Gasteiger partial charge is 0.378 e. The predicted octanol–water partition coefficient (Wildman–Crippen LogP) is 4.44. The molecule has 0 radical (unpaired) electrons. The Kier molecular flexibility index (Phi) is 8.99. The number of aromatic amines is 1. The number of morpholine rings is 1. The Labute approximate surface area is 258 Å². The van der Waals surface area contributed by atoms with Crippen molar-refractivity contribution in [2.24, 2.45) is 0 Å². The van der Waals surface area contributed by atoms with E-state index in [2.05, 4.69) is 41.6 Å². The first-order valence-electron chi connectivity index (χ1n) is 15.0. The van der Waals surface area contributed by atoms with E-state index in [4.69, 9.17) is 4.74 Å². The Morgan fingerprint density at radius 2 is 1.78 bits per heavy atom. The highest BCUT2D eigenvalue weighted by Crippen LogP contribution is 2.36. The summed E-state index contributed by atoms with van der Waals surface area (Å²) in [5, 5.41) is 3.53. The minimum absolute atomic E-state index is 0.0838. The normalized spacial score (nSPS) is 17.0. The zero-order valence-corrected chi connectivity index (χ0v) is 24.8. The molecule has 2 N–H and O–H groups in total. The standard InChI is InChI=1S/C32H35F3N8O2/c1-2-28(44)42-13-11-41(12-14-42)10-8-22-7-9-36-27(19-22)29(32(33,34)35)39-24-5-3-23(4-6-24)26-20-25-30(40-26)37-21-38-31(25)43-15-17-45-18-16-43/h2-7,9,19-21,29,39H,1,8,10-18H2,(H,37,38,40). The number of benzene rings is 1. The van der Waals surface area contributed by atoms with E-state index in [0.717, 1.165) is 41.1 Å². The number of H-pyrrole nitrogens is 1. The minimum Gasteiger partial charge on any atom is -0.378 e. The van der Waals surface area contributed by atoms with Crippen LogP contribution < -0.4 is 10.2 Å². The van der Waals surface area contributed by atoms with Crippen LogP contribution in [0.3, 0.4) is 0 Å². The first kappa shape index (κ1) is 30.5. The van der Waals surface area contributed by atoms with Gasteiger partial charge in [0.2, 0.25) is 5.91 Å². The second-order valence-corrected chi connectivity index (χ2v) is 11.1. The number of nitrogens with one attached hydrogen (secondary N) is 2. The second-order valence-electron chi connectivity index (χ2n) is 11.1. The first-order chi connectivity index (χ1) is 21.8. The largest absolute Gasteiger partial charge is 0.414 e. The molecule has 2 fully saturated rings. The highest BCUT2D eigenvalue weighted by atomic mass is 19.4. The van der Waals surface area contributed by atoms with Crippen molar-refractivity contribution in [3.8, 4) is 11.3 Å². The van der Waals surface area contributed by atoms with Crippen molar-refractivity contribution in [3.05, 3.63) is 78.9 Å². The summed E-state index contributed by atoms with van der Waals surface area (Å²) in [6, 6.07) is 10.1. The second kappa shape index (κ2) is 13.2. The van der Waals surface area contributed by atoms with Crippen molar-refractivity contribution in [1.82, 2.24) is 29.7 Å². The fraction of sp³-hybridized carbons (Fsp3) is 0.375. The number of anilines is 2. The topological polar surface area (TPSA) is 103 Å². The van der Waals surface area contributed by atoms with Gasteiger partial charge in [-0.2, -0.15) is 13.2 Å². The number of rotatable bonds is 9. The number of amides is 1. The van der Waals surface area contributed by atoms with Gasteiger partial charge in [-0.05, 0) is 54.0 Å². The van der Waals surface area contributed by atoms with Gasteiger partial charge in [0, 0.05) is 63.4 Å². The molecule has 2 aliphatic rings. The molecule has 5 heterocycles. The number of hydrogen-bond donors (Lipinski definition) is 2. The molecule has 0 saturated carbocycles. The first-order valence-corrected chi connectivity index (χ1v) is 15.0. The number of halogens is 3. The molecule has 2 aliphatic heterocycles. The van der Waals surface area contributed by atoms with Crippen LogP contribution in [-0.4, -0.2) is 101 Å². The van der Waals surface area contributed by atoms with Crippen LogP contribution in [0.5, 0.6) is 0 Å². The molecular formula is C32H35F3N8O2. The summed E-state index contributed by atoms with van der Waals surface area (Å²) in [4.78, 5) is 34.2. The molecule has 0 bridgehead atoms. The van der Waals surface area contributed by atoms with E-state index in [1.165, 1.54) is 24.7 Å². The molecular weight excluding hydrogens is 585 g/mol. The number of alkyl halides is 3. The summed E-state index contributed by atoms with van der Waals surface area (Å²) in [6.07, 6.45) is 0.277. The van der Waals surface area contributed by atoms with Gasteiger partial charge in [-0.3, -0.25) is 14.7 Å². The molecule has 2 saturated heterocycles. The summed E-state index contributed by atoms with van der Waals surface area (Å²) in [6.45, 7) is 9.58. The van der Waals surface area contributed by atoms with Crippen LogP contribution in [0.15, 0.2) is 67.6 Å². The van der Waals surface area contributed by atoms with E-state index in [0.29, 0.717) is 63.7 Å². The van der Waals surface area contributed by atoms with Gasteiger partial charge in [0.1, 0.15) is 17.8 Å². The fourth-order valence-corrected chi connectivity index (χ4v) is 5.76. The molecule has 0 spiro atoms. The fourth-order valence-electron chi connectivity index (χ4n) is 5.76. The summed E-state index contributed by atoms with van der Waals surface area (Å²) in [5.74, 6) is 0.744. The maximum atomic E-state index is 14.3. The molecule has 1 atom stereocenters. The molecule has 6 rings (SSSR count). The van der Waals surface area contributed by atoms with Gasteiger partial charge < -0.3 is 24.8 Å². The molecule has 13 heteroatoms. The van der Waals surface area contributed by atoms with Crippen LogP contribution in [0.25, 0.3) is 22.3 Å². The van der Waals surface area contributed by atoms with E-state index < -0.39 is 12.2 Å². The lowest BCUT2D eigenvalue weighted by atomic mass is 10.1. The quantitative estimate of drug-likeness (QED) is 0.265. The van der Waals surface area contributed by atoms with Crippen molar-refractivity contribution >= 4 is 28.4 Å². The summed E-state index contributed by atoms with van der Waals surface area (Å²) >= 11 is 0. The number of nitrogens with zero attached hydrogens (tertiary/aromatic N) is 6. The average molecular weight is 621 g/mol. The van der Waals surface area contributed by atoms with Crippen molar-refractivity contribution in [3.63, 3.8) is 0 Å². The summed E-state index contributed by atoms with van der Waals surface area (Å²) in [5.41, 5.74) is 3.30. The van der Waals surface area contributed by atoms with Crippen molar-refractivity contribution in [2.45, 2.75) is 18.6 Å². The number of carbonyl (C=O) groups excluding carboxylic acids is 1. The Balaban J connectivity index is 1.13. The third kappa shape index (κ3) is 7.10. The minimum atomic E-state index is -4.57. The van der Waals surface area contributed by atoms with E-state index in [1.807, 2.05) is 6.07 Å². The maximum absolute atomic E-state index is 14.3. The lowest BCUT2D eigenvalue weighted by molar-refractivity contribution is -0.144. The van der Waals surface area contributed by atoms with E-state index in [1.54, 1.807) is 35.2 Å². The van der Waals surface area contributed by atoms with Crippen LogP contribution >= 0.6 is 0 Å². The van der Waals surface area contributed by atoms with Gasteiger partial charge >= 0.3 is 6.18 Å². The number of ether oxygens (including phenoxy) is 1. The lowest BCUT2D eigenvalue weighted by Gasteiger charge is -2.34. The van der Waals surface area contributed by atoms with Gasteiger partial charge in [0.05, 0.1) is 24.3 Å². The molecule has 3 aromatic heterocycles. The van der Waals surface area contributed by atoms with Crippen LogP contribution in [0.1, 0.15) is 17.3 Å². The number of hydrogen-bond acceptors (Lipinski definition) is 8. The zero-order chi connectivity index (χ0) is 31.4. The highest BCUT2D eigenvalue weighted by Gasteiger charge is 2.42. The van der Waals surface area contributed by atoms with Gasteiger partial charge in [0.15, 0.2) is 6.04 Å². The Morgan fingerprint density at radius 3 is 2.49 bits per heavy atom. The third-order valence-corrected chi connectivity index (χ3v) is 8.27. The monoisotopic (exact) mass is 620 g/mol. The molecule has 1 aromatic carbocycles. The van der Waals surface area contributed by atoms with Crippen molar-refractivity contribution in [2.75, 3.05) is 69.2 Å². The molecule has 10 nitrogen and oxygen atoms in total. The van der Waals surface area contributed by atoms with Crippen LogP contribution in [0, 0.1) is 0 Å².